The summed E-state index contributed by atoms with van der Waals surface area (Å²) >= 11 is 0. The lowest BCUT2D eigenvalue weighted by molar-refractivity contribution is 0.294. The molecule has 2 N–H and O–H groups in total. The second-order valence-electron chi connectivity index (χ2n) is 3.71. The van der Waals surface area contributed by atoms with Crippen LogP contribution in [0.15, 0.2) is 0 Å². The fourth-order valence-electron chi connectivity index (χ4n) is 2.32. The van der Waals surface area contributed by atoms with Crippen molar-refractivity contribution >= 4 is 0 Å². The standard InChI is InChI=1S/C8H16N2/c1-7-8(3-5-10-7)2-4-9-6-8/h7,9-10H,2-6H2,1H3. The van der Waals surface area contributed by atoms with Crippen molar-refractivity contribution < 1.29 is 0 Å². The van der Waals surface area contributed by atoms with E-state index < -0.39 is 0 Å². The van der Waals surface area contributed by atoms with Gasteiger partial charge in [-0.2, -0.15) is 0 Å². The van der Waals surface area contributed by atoms with Crippen LogP contribution in [0.25, 0.3) is 0 Å². The Labute approximate surface area is 62.4 Å². The maximum absolute atomic E-state index is 3.51. The van der Waals surface area contributed by atoms with E-state index >= 15 is 0 Å². The van der Waals surface area contributed by atoms with Gasteiger partial charge < -0.3 is 10.6 Å². The van der Waals surface area contributed by atoms with E-state index in [9.17, 15) is 0 Å². The molecule has 0 saturated carbocycles. The van der Waals surface area contributed by atoms with Gasteiger partial charge in [0.15, 0.2) is 0 Å². The van der Waals surface area contributed by atoms with Crippen LogP contribution in [0.1, 0.15) is 19.8 Å². The number of nitrogens with one attached hydrogen (secondary N) is 2. The fourth-order valence-corrected chi connectivity index (χ4v) is 2.32. The summed E-state index contributed by atoms with van der Waals surface area (Å²) in [4.78, 5) is 0. The Bertz CT molecular complexity index is 122. The minimum absolute atomic E-state index is 0.625. The van der Waals surface area contributed by atoms with Crippen LogP contribution in [0.3, 0.4) is 0 Å². The molecule has 0 aromatic heterocycles. The Balaban J connectivity index is 2.11. The molecule has 2 rings (SSSR count). The van der Waals surface area contributed by atoms with Crippen LogP contribution >= 0.6 is 0 Å². The second-order valence-corrected chi connectivity index (χ2v) is 3.71. The molecule has 0 aromatic rings. The molecule has 2 nitrogen and oxygen atoms in total. The van der Waals surface area contributed by atoms with E-state index in [-0.39, 0.29) is 0 Å². The van der Waals surface area contributed by atoms with Crippen LogP contribution in [0.2, 0.25) is 0 Å². The maximum atomic E-state index is 3.51. The van der Waals surface area contributed by atoms with Crippen LogP contribution in [-0.2, 0) is 0 Å². The molecule has 2 atom stereocenters. The van der Waals surface area contributed by atoms with Crippen molar-refractivity contribution in [2.45, 2.75) is 25.8 Å². The molecular formula is C8H16N2. The highest BCUT2D eigenvalue weighted by Gasteiger charge is 2.41. The first kappa shape index (κ1) is 6.62. The topological polar surface area (TPSA) is 24.1 Å². The van der Waals surface area contributed by atoms with Crippen LogP contribution in [0.5, 0.6) is 0 Å². The van der Waals surface area contributed by atoms with E-state index in [4.69, 9.17) is 0 Å². The highest BCUT2D eigenvalue weighted by atomic mass is 15.0. The third-order valence-corrected chi connectivity index (χ3v) is 3.27. The molecule has 2 aliphatic rings. The minimum atomic E-state index is 0.625. The van der Waals surface area contributed by atoms with Gasteiger partial charge in [-0.3, -0.25) is 0 Å². The lowest BCUT2D eigenvalue weighted by atomic mass is 9.81. The third-order valence-electron chi connectivity index (χ3n) is 3.27. The first-order valence-electron chi connectivity index (χ1n) is 4.28. The summed E-state index contributed by atoms with van der Waals surface area (Å²) in [7, 11) is 0. The van der Waals surface area contributed by atoms with Crippen LogP contribution in [-0.4, -0.2) is 25.7 Å². The Morgan fingerprint density at radius 3 is 2.60 bits per heavy atom. The van der Waals surface area contributed by atoms with Crippen molar-refractivity contribution in [3.8, 4) is 0 Å². The predicted molar refractivity (Wildman–Crippen MR) is 42.0 cm³/mol. The molecule has 2 fully saturated rings. The summed E-state index contributed by atoms with van der Waals surface area (Å²) in [6.45, 7) is 6.01. The van der Waals surface area contributed by atoms with E-state index in [1.165, 1.54) is 32.5 Å². The van der Waals surface area contributed by atoms with Crippen LogP contribution < -0.4 is 10.6 Å². The molecular weight excluding hydrogens is 124 g/mol. The summed E-state index contributed by atoms with van der Waals surface area (Å²) in [5.74, 6) is 0. The van der Waals surface area contributed by atoms with Gasteiger partial charge in [-0.15, -0.1) is 0 Å². The monoisotopic (exact) mass is 140 g/mol. The van der Waals surface area contributed by atoms with E-state index in [1.54, 1.807) is 0 Å². The van der Waals surface area contributed by atoms with Gasteiger partial charge in [0.05, 0.1) is 0 Å². The molecule has 2 heteroatoms. The van der Waals surface area contributed by atoms with Gasteiger partial charge >= 0.3 is 0 Å². The average Bonchev–Trinajstić information content (AvgIpc) is 2.48. The van der Waals surface area contributed by atoms with Crippen molar-refractivity contribution in [1.29, 1.82) is 0 Å². The summed E-state index contributed by atoms with van der Waals surface area (Å²) in [5, 5.41) is 6.96. The molecule has 1 spiro atoms. The van der Waals surface area contributed by atoms with E-state index in [0.717, 1.165) is 6.04 Å². The first-order valence-corrected chi connectivity index (χ1v) is 4.28. The average molecular weight is 140 g/mol. The molecule has 2 aliphatic heterocycles. The number of hydrogen-bond donors (Lipinski definition) is 2. The molecule has 0 amide bonds. The van der Waals surface area contributed by atoms with Gasteiger partial charge in [-0.1, -0.05) is 0 Å². The fraction of sp³-hybridized carbons (Fsp3) is 1.00. The zero-order valence-corrected chi connectivity index (χ0v) is 6.61. The molecule has 0 aliphatic carbocycles. The minimum Gasteiger partial charge on any atom is -0.316 e. The SMILES string of the molecule is CC1NCCC12CCNC2. The van der Waals surface area contributed by atoms with Crippen molar-refractivity contribution in [2.75, 3.05) is 19.6 Å². The Morgan fingerprint density at radius 2 is 2.10 bits per heavy atom. The summed E-state index contributed by atoms with van der Waals surface area (Å²) in [5.41, 5.74) is 0.625. The highest BCUT2D eigenvalue weighted by Crippen LogP contribution is 2.36. The van der Waals surface area contributed by atoms with E-state index in [1.807, 2.05) is 0 Å². The van der Waals surface area contributed by atoms with Crippen molar-refractivity contribution in [3.63, 3.8) is 0 Å². The largest absolute Gasteiger partial charge is 0.316 e. The quantitative estimate of drug-likeness (QED) is 0.507. The number of hydrogen-bond acceptors (Lipinski definition) is 2. The normalized spacial score (nSPS) is 47.1. The zero-order chi connectivity index (χ0) is 7.03. The van der Waals surface area contributed by atoms with Crippen LogP contribution in [0, 0.1) is 5.41 Å². The van der Waals surface area contributed by atoms with Crippen LogP contribution in [0.4, 0.5) is 0 Å². The molecule has 10 heavy (non-hydrogen) atoms. The third kappa shape index (κ3) is 0.789. The Hall–Kier alpha value is -0.0800. The van der Waals surface area contributed by atoms with Gasteiger partial charge in [0.25, 0.3) is 0 Å². The van der Waals surface area contributed by atoms with Gasteiger partial charge in [0.1, 0.15) is 0 Å². The molecule has 0 aromatic carbocycles. The summed E-state index contributed by atoms with van der Waals surface area (Å²) in [6, 6.07) is 0.738. The van der Waals surface area contributed by atoms with Crippen molar-refractivity contribution in [3.05, 3.63) is 0 Å². The van der Waals surface area contributed by atoms with Crippen molar-refractivity contribution in [1.82, 2.24) is 10.6 Å². The molecule has 0 bridgehead atoms. The van der Waals surface area contributed by atoms with Gasteiger partial charge in [0, 0.05) is 18.0 Å². The predicted octanol–water partition coefficient (Wildman–Crippen LogP) is 0.348. The summed E-state index contributed by atoms with van der Waals surface area (Å²) in [6.07, 6.45) is 2.75. The zero-order valence-electron chi connectivity index (χ0n) is 6.61. The van der Waals surface area contributed by atoms with Gasteiger partial charge in [-0.25, -0.2) is 0 Å². The highest BCUT2D eigenvalue weighted by molar-refractivity contribution is 4.99. The summed E-state index contributed by atoms with van der Waals surface area (Å²) < 4.78 is 0. The van der Waals surface area contributed by atoms with E-state index in [2.05, 4.69) is 17.6 Å². The molecule has 2 heterocycles. The molecule has 2 unspecified atom stereocenters. The lowest BCUT2D eigenvalue weighted by Crippen LogP contribution is -2.35. The lowest BCUT2D eigenvalue weighted by Gasteiger charge is -2.26. The Kier molecular flexibility index (Phi) is 1.46. The van der Waals surface area contributed by atoms with E-state index in [0.29, 0.717) is 5.41 Å². The first-order chi connectivity index (χ1) is 4.83. The molecule has 58 valence electrons. The smallest absolute Gasteiger partial charge is 0.0108 e. The maximum Gasteiger partial charge on any atom is 0.0108 e. The Morgan fingerprint density at radius 1 is 1.30 bits per heavy atom. The second kappa shape index (κ2) is 2.21. The molecule has 2 saturated heterocycles. The van der Waals surface area contributed by atoms with Crippen molar-refractivity contribution in [2.24, 2.45) is 5.41 Å². The van der Waals surface area contributed by atoms with Gasteiger partial charge in [0.2, 0.25) is 0 Å². The number of rotatable bonds is 0. The molecule has 0 radical (unpaired) electrons. The van der Waals surface area contributed by atoms with Gasteiger partial charge in [-0.05, 0) is 32.9 Å².